The van der Waals surface area contributed by atoms with E-state index in [0.29, 0.717) is 13.0 Å². The van der Waals surface area contributed by atoms with Crippen LogP contribution in [-0.2, 0) is 10.0 Å². The SMILES string of the molecule is CC(CCO)CNS(=O)(=O)c1cc[nH]c1. The van der Waals surface area contributed by atoms with Gasteiger partial charge in [-0.05, 0) is 18.4 Å². The Hall–Kier alpha value is -0.850. The lowest BCUT2D eigenvalue weighted by molar-refractivity contribution is 0.263. The van der Waals surface area contributed by atoms with Crippen molar-refractivity contribution in [1.29, 1.82) is 0 Å². The first-order valence-corrected chi connectivity index (χ1v) is 6.28. The number of aliphatic hydroxyl groups excluding tert-OH is 1. The molecule has 0 saturated carbocycles. The topological polar surface area (TPSA) is 82.2 Å². The number of hydrogen-bond acceptors (Lipinski definition) is 3. The van der Waals surface area contributed by atoms with E-state index in [1.54, 1.807) is 6.20 Å². The summed E-state index contributed by atoms with van der Waals surface area (Å²) in [6.45, 7) is 2.30. The molecule has 0 aliphatic heterocycles. The molecule has 0 bridgehead atoms. The van der Waals surface area contributed by atoms with Crippen LogP contribution in [0.3, 0.4) is 0 Å². The van der Waals surface area contributed by atoms with E-state index >= 15 is 0 Å². The molecule has 1 heterocycles. The predicted octanol–water partition coefficient (Wildman–Crippen LogP) is 0.311. The summed E-state index contributed by atoms with van der Waals surface area (Å²) in [5, 5.41) is 8.67. The predicted molar refractivity (Wildman–Crippen MR) is 56.8 cm³/mol. The summed E-state index contributed by atoms with van der Waals surface area (Å²) in [6, 6.07) is 1.50. The first kappa shape index (κ1) is 12.2. The number of H-pyrrole nitrogens is 1. The van der Waals surface area contributed by atoms with Crippen molar-refractivity contribution in [2.45, 2.75) is 18.2 Å². The van der Waals surface area contributed by atoms with E-state index in [-0.39, 0.29) is 17.4 Å². The van der Waals surface area contributed by atoms with E-state index < -0.39 is 10.0 Å². The molecule has 6 heteroatoms. The molecule has 1 rings (SSSR count). The molecule has 0 fully saturated rings. The van der Waals surface area contributed by atoms with Crippen molar-refractivity contribution >= 4 is 10.0 Å². The van der Waals surface area contributed by atoms with Crippen LogP contribution in [0.1, 0.15) is 13.3 Å². The van der Waals surface area contributed by atoms with Crippen molar-refractivity contribution in [2.75, 3.05) is 13.2 Å². The van der Waals surface area contributed by atoms with Gasteiger partial charge in [-0.3, -0.25) is 0 Å². The highest BCUT2D eigenvalue weighted by Gasteiger charge is 2.14. The Balaban J connectivity index is 2.52. The van der Waals surface area contributed by atoms with Gasteiger partial charge >= 0.3 is 0 Å². The van der Waals surface area contributed by atoms with Gasteiger partial charge in [0.2, 0.25) is 10.0 Å². The van der Waals surface area contributed by atoms with E-state index in [9.17, 15) is 8.42 Å². The molecule has 0 aliphatic carbocycles. The van der Waals surface area contributed by atoms with Gasteiger partial charge in [0.05, 0.1) is 4.90 Å². The Morgan fingerprint density at radius 1 is 1.60 bits per heavy atom. The molecule has 86 valence electrons. The van der Waals surface area contributed by atoms with Crippen molar-refractivity contribution in [2.24, 2.45) is 5.92 Å². The minimum Gasteiger partial charge on any atom is -0.396 e. The number of aliphatic hydroxyl groups is 1. The summed E-state index contributed by atoms with van der Waals surface area (Å²) in [7, 11) is -3.39. The number of aromatic amines is 1. The van der Waals surface area contributed by atoms with Crippen LogP contribution in [0.4, 0.5) is 0 Å². The maximum absolute atomic E-state index is 11.6. The number of sulfonamides is 1. The van der Waals surface area contributed by atoms with E-state index in [4.69, 9.17) is 5.11 Å². The normalized spacial score (nSPS) is 14.0. The highest BCUT2D eigenvalue weighted by Crippen LogP contribution is 2.07. The fraction of sp³-hybridized carbons (Fsp3) is 0.556. The van der Waals surface area contributed by atoms with Crippen LogP contribution >= 0.6 is 0 Å². The van der Waals surface area contributed by atoms with E-state index in [1.165, 1.54) is 12.3 Å². The standard InChI is InChI=1S/C9H16N2O3S/c1-8(3-5-12)6-11-15(13,14)9-2-4-10-7-9/h2,4,7-8,10-12H,3,5-6H2,1H3. The Labute approximate surface area is 89.6 Å². The lowest BCUT2D eigenvalue weighted by atomic mass is 10.1. The number of rotatable bonds is 6. The van der Waals surface area contributed by atoms with Crippen LogP contribution in [0, 0.1) is 5.92 Å². The molecule has 5 nitrogen and oxygen atoms in total. The van der Waals surface area contributed by atoms with Crippen molar-refractivity contribution < 1.29 is 13.5 Å². The molecule has 3 N–H and O–H groups in total. The number of nitrogens with one attached hydrogen (secondary N) is 2. The minimum atomic E-state index is -3.39. The molecular weight excluding hydrogens is 216 g/mol. The van der Waals surface area contributed by atoms with E-state index in [1.807, 2.05) is 6.92 Å². The summed E-state index contributed by atoms with van der Waals surface area (Å²) >= 11 is 0. The zero-order valence-corrected chi connectivity index (χ0v) is 9.42. The number of aromatic nitrogens is 1. The third-order valence-electron chi connectivity index (χ3n) is 2.12. The van der Waals surface area contributed by atoms with Crippen LogP contribution in [-0.4, -0.2) is 31.7 Å². The van der Waals surface area contributed by atoms with Gasteiger partial charge in [0.1, 0.15) is 0 Å². The van der Waals surface area contributed by atoms with Crippen LogP contribution in [0.15, 0.2) is 23.4 Å². The van der Waals surface area contributed by atoms with Crippen LogP contribution in [0.5, 0.6) is 0 Å². The van der Waals surface area contributed by atoms with Gasteiger partial charge in [0.15, 0.2) is 0 Å². The van der Waals surface area contributed by atoms with Gasteiger partial charge in [0.25, 0.3) is 0 Å². The average molecular weight is 232 g/mol. The molecule has 0 saturated heterocycles. The second kappa shape index (κ2) is 5.29. The Morgan fingerprint density at radius 2 is 2.33 bits per heavy atom. The van der Waals surface area contributed by atoms with Gasteiger partial charge < -0.3 is 10.1 Å². The molecule has 1 unspecified atom stereocenters. The third-order valence-corrected chi connectivity index (χ3v) is 3.54. The molecular formula is C9H16N2O3S. The van der Waals surface area contributed by atoms with Gasteiger partial charge in [0, 0.05) is 25.5 Å². The van der Waals surface area contributed by atoms with Gasteiger partial charge in [-0.2, -0.15) is 0 Å². The zero-order valence-electron chi connectivity index (χ0n) is 8.60. The van der Waals surface area contributed by atoms with Crippen LogP contribution in [0.25, 0.3) is 0 Å². The first-order valence-electron chi connectivity index (χ1n) is 4.79. The summed E-state index contributed by atoms with van der Waals surface area (Å²) in [6.07, 6.45) is 3.58. The summed E-state index contributed by atoms with van der Waals surface area (Å²) in [4.78, 5) is 2.92. The third kappa shape index (κ3) is 3.65. The molecule has 0 amide bonds. The maximum Gasteiger partial charge on any atom is 0.242 e. The van der Waals surface area contributed by atoms with E-state index in [0.717, 1.165) is 0 Å². The molecule has 0 aromatic carbocycles. The first-order chi connectivity index (χ1) is 7.06. The lowest BCUT2D eigenvalue weighted by Crippen LogP contribution is -2.28. The molecule has 1 aromatic heterocycles. The van der Waals surface area contributed by atoms with Crippen molar-refractivity contribution in [3.63, 3.8) is 0 Å². The van der Waals surface area contributed by atoms with Gasteiger partial charge in [-0.25, -0.2) is 13.1 Å². The van der Waals surface area contributed by atoms with Crippen molar-refractivity contribution in [3.05, 3.63) is 18.5 Å². The lowest BCUT2D eigenvalue weighted by Gasteiger charge is -2.10. The molecule has 0 aliphatic rings. The molecule has 0 spiro atoms. The maximum atomic E-state index is 11.6. The monoisotopic (exact) mass is 232 g/mol. The quantitative estimate of drug-likeness (QED) is 0.660. The van der Waals surface area contributed by atoms with Gasteiger partial charge in [-0.15, -0.1) is 0 Å². The fourth-order valence-corrected chi connectivity index (χ4v) is 2.27. The molecule has 1 aromatic rings. The Kier molecular flexibility index (Phi) is 4.31. The highest BCUT2D eigenvalue weighted by molar-refractivity contribution is 7.89. The second-order valence-corrected chi connectivity index (χ2v) is 5.28. The summed E-state index contributed by atoms with van der Waals surface area (Å²) < 4.78 is 25.7. The Bertz CT molecular complexity index is 372. The highest BCUT2D eigenvalue weighted by atomic mass is 32.2. The minimum absolute atomic E-state index is 0.0764. The molecule has 0 radical (unpaired) electrons. The average Bonchev–Trinajstić information content (AvgIpc) is 2.69. The molecule has 1 atom stereocenters. The van der Waals surface area contributed by atoms with Crippen LogP contribution < -0.4 is 4.72 Å². The zero-order chi connectivity index (χ0) is 11.3. The smallest absolute Gasteiger partial charge is 0.242 e. The van der Waals surface area contributed by atoms with Gasteiger partial charge in [-0.1, -0.05) is 6.92 Å². The second-order valence-electron chi connectivity index (χ2n) is 3.52. The fourth-order valence-electron chi connectivity index (χ4n) is 1.13. The number of hydrogen-bond donors (Lipinski definition) is 3. The largest absolute Gasteiger partial charge is 0.396 e. The summed E-state index contributed by atoms with van der Waals surface area (Å²) in [5.41, 5.74) is 0. The van der Waals surface area contributed by atoms with Crippen LogP contribution in [0.2, 0.25) is 0 Å². The summed E-state index contributed by atoms with van der Waals surface area (Å²) in [5.74, 6) is 0.128. The van der Waals surface area contributed by atoms with Crippen molar-refractivity contribution in [1.82, 2.24) is 9.71 Å². The molecule has 15 heavy (non-hydrogen) atoms. The van der Waals surface area contributed by atoms with Crippen molar-refractivity contribution in [3.8, 4) is 0 Å². The van der Waals surface area contributed by atoms with E-state index in [2.05, 4.69) is 9.71 Å². The Morgan fingerprint density at radius 3 is 2.87 bits per heavy atom.